The van der Waals surface area contributed by atoms with Gasteiger partial charge in [0.2, 0.25) is 5.82 Å². The summed E-state index contributed by atoms with van der Waals surface area (Å²) < 4.78 is 0.575. The fraction of sp³-hybridized carbons (Fsp3) is 0.0556. The maximum atomic E-state index is 11.5. The number of halogens is 1. The van der Waals surface area contributed by atoms with Crippen LogP contribution < -0.4 is 4.90 Å². The Morgan fingerprint density at radius 2 is 1.67 bits per heavy atom. The van der Waals surface area contributed by atoms with Crippen molar-refractivity contribution in [3.05, 3.63) is 93.1 Å². The van der Waals surface area contributed by atoms with Crippen LogP contribution in [0.3, 0.4) is 0 Å². The molecule has 3 rings (SSSR count). The second-order valence-electron chi connectivity index (χ2n) is 5.16. The average molecular weight is 384 g/mol. The normalized spacial score (nSPS) is 10.4. The van der Waals surface area contributed by atoms with Gasteiger partial charge < -0.3 is 4.90 Å². The van der Waals surface area contributed by atoms with Crippen LogP contribution >= 0.6 is 15.9 Å². The fourth-order valence-corrected chi connectivity index (χ4v) is 2.75. The Morgan fingerprint density at radius 3 is 2.29 bits per heavy atom. The van der Waals surface area contributed by atoms with Gasteiger partial charge in [0.1, 0.15) is 0 Å². The van der Waals surface area contributed by atoms with Gasteiger partial charge in [0.15, 0.2) is 0 Å². The first kappa shape index (κ1) is 16.1. The van der Waals surface area contributed by atoms with Crippen LogP contribution in [-0.2, 0) is 6.54 Å². The first-order chi connectivity index (χ1) is 11.6. The zero-order valence-electron chi connectivity index (χ0n) is 12.7. The van der Waals surface area contributed by atoms with E-state index < -0.39 is 4.92 Å². The van der Waals surface area contributed by atoms with Crippen molar-refractivity contribution in [1.82, 2.24) is 4.98 Å². The molecule has 5 nitrogen and oxygen atoms in total. The number of pyridine rings is 1. The van der Waals surface area contributed by atoms with Crippen LogP contribution in [0.1, 0.15) is 5.56 Å². The third kappa shape index (κ3) is 3.60. The van der Waals surface area contributed by atoms with Crippen LogP contribution in [0, 0.1) is 10.1 Å². The van der Waals surface area contributed by atoms with E-state index in [0.29, 0.717) is 16.8 Å². The third-order valence-electron chi connectivity index (χ3n) is 3.52. The van der Waals surface area contributed by atoms with Crippen molar-refractivity contribution in [2.24, 2.45) is 0 Å². The zero-order valence-corrected chi connectivity index (χ0v) is 14.3. The molecule has 3 aromatic rings. The number of hydrogen-bond acceptors (Lipinski definition) is 4. The molecule has 2 aromatic carbocycles. The Hall–Kier alpha value is -2.73. The van der Waals surface area contributed by atoms with Crippen molar-refractivity contribution in [2.45, 2.75) is 6.54 Å². The van der Waals surface area contributed by atoms with E-state index in [2.05, 4.69) is 20.9 Å². The van der Waals surface area contributed by atoms with E-state index in [4.69, 9.17) is 0 Å². The standard InChI is InChI=1S/C18H14BrN3O2/c19-15-11-17(22(23)24)18(20-12-15)21(16-9-5-2-6-10-16)13-14-7-3-1-4-8-14/h1-12H,13H2. The highest BCUT2D eigenvalue weighted by molar-refractivity contribution is 9.10. The summed E-state index contributed by atoms with van der Waals surface area (Å²) in [5.41, 5.74) is 1.85. The molecule has 0 saturated heterocycles. The third-order valence-corrected chi connectivity index (χ3v) is 3.95. The van der Waals surface area contributed by atoms with E-state index in [9.17, 15) is 10.1 Å². The number of aromatic nitrogens is 1. The molecule has 0 saturated carbocycles. The molecule has 0 aliphatic heterocycles. The Bertz CT molecular complexity index is 841. The molecule has 0 atom stereocenters. The average Bonchev–Trinajstić information content (AvgIpc) is 2.61. The van der Waals surface area contributed by atoms with E-state index >= 15 is 0 Å². The topological polar surface area (TPSA) is 59.3 Å². The lowest BCUT2D eigenvalue weighted by molar-refractivity contribution is -0.384. The molecule has 120 valence electrons. The number of anilines is 2. The first-order valence-electron chi connectivity index (χ1n) is 7.31. The van der Waals surface area contributed by atoms with E-state index in [1.54, 1.807) is 6.20 Å². The van der Waals surface area contributed by atoms with Crippen molar-refractivity contribution in [3.63, 3.8) is 0 Å². The second kappa shape index (κ2) is 7.23. The molecule has 1 heterocycles. The molecule has 0 aliphatic rings. The summed E-state index contributed by atoms with van der Waals surface area (Å²) in [4.78, 5) is 17.2. The molecule has 1 aromatic heterocycles. The minimum Gasteiger partial charge on any atom is -0.316 e. The molecule has 0 N–H and O–H groups in total. The number of para-hydroxylation sites is 1. The molecular weight excluding hydrogens is 370 g/mol. The predicted molar refractivity (Wildman–Crippen MR) is 97.3 cm³/mol. The van der Waals surface area contributed by atoms with Gasteiger partial charge in [-0.15, -0.1) is 0 Å². The minimum atomic E-state index is -0.409. The van der Waals surface area contributed by atoms with Gasteiger partial charge >= 0.3 is 5.69 Å². The molecule has 0 fully saturated rings. The highest BCUT2D eigenvalue weighted by atomic mass is 79.9. The van der Waals surface area contributed by atoms with Crippen LogP contribution in [0.25, 0.3) is 0 Å². The number of hydrogen-bond donors (Lipinski definition) is 0. The van der Waals surface area contributed by atoms with E-state index in [1.807, 2.05) is 65.6 Å². The fourth-order valence-electron chi connectivity index (χ4n) is 2.43. The van der Waals surface area contributed by atoms with Gasteiger partial charge in [0, 0.05) is 29.0 Å². The van der Waals surface area contributed by atoms with E-state index in [-0.39, 0.29) is 5.69 Å². The summed E-state index contributed by atoms with van der Waals surface area (Å²) in [7, 11) is 0. The van der Waals surface area contributed by atoms with Gasteiger partial charge in [-0.1, -0.05) is 48.5 Å². The van der Waals surface area contributed by atoms with Gasteiger partial charge in [-0.25, -0.2) is 4.98 Å². The highest BCUT2D eigenvalue weighted by Crippen LogP contribution is 2.34. The summed E-state index contributed by atoms with van der Waals surface area (Å²) in [5, 5.41) is 11.5. The summed E-state index contributed by atoms with van der Waals surface area (Å²) in [6, 6.07) is 20.8. The van der Waals surface area contributed by atoms with Crippen LogP contribution in [-0.4, -0.2) is 9.91 Å². The highest BCUT2D eigenvalue weighted by Gasteiger charge is 2.23. The number of rotatable bonds is 5. The van der Waals surface area contributed by atoms with Crippen molar-refractivity contribution in [1.29, 1.82) is 0 Å². The molecule has 0 spiro atoms. The van der Waals surface area contributed by atoms with Crippen molar-refractivity contribution < 1.29 is 4.92 Å². The van der Waals surface area contributed by atoms with Gasteiger partial charge in [0.05, 0.1) is 4.92 Å². The SMILES string of the molecule is O=[N+]([O-])c1cc(Br)cnc1N(Cc1ccccc1)c1ccccc1. The zero-order chi connectivity index (χ0) is 16.9. The van der Waals surface area contributed by atoms with Crippen molar-refractivity contribution >= 4 is 33.1 Å². The van der Waals surface area contributed by atoms with Gasteiger partial charge in [-0.3, -0.25) is 10.1 Å². The number of nitrogens with zero attached hydrogens (tertiary/aromatic N) is 3. The van der Waals surface area contributed by atoms with Gasteiger partial charge in [-0.05, 0) is 33.6 Å². The van der Waals surface area contributed by atoms with Crippen LogP contribution in [0.4, 0.5) is 17.2 Å². The predicted octanol–water partition coefficient (Wildman–Crippen LogP) is 5.09. The number of benzene rings is 2. The first-order valence-corrected chi connectivity index (χ1v) is 8.11. The summed E-state index contributed by atoms with van der Waals surface area (Å²) >= 11 is 3.25. The molecule has 0 aliphatic carbocycles. The molecule has 0 bridgehead atoms. The van der Waals surface area contributed by atoms with E-state index in [0.717, 1.165) is 11.3 Å². The van der Waals surface area contributed by atoms with Crippen LogP contribution in [0.15, 0.2) is 77.4 Å². The van der Waals surface area contributed by atoms with Crippen LogP contribution in [0.2, 0.25) is 0 Å². The van der Waals surface area contributed by atoms with Crippen LogP contribution in [0.5, 0.6) is 0 Å². The maximum absolute atomic E-state index is 11.5. The molecule has 6 heteroatoms. The molecule has 0 unspecified atom stereocenters. The Labute approximate surface area is 147 Å². The lowest BCUT2D eigenvalue weighted by atomic mass is 10.2. The molecule has 0 radical (unpaired) electrons. The second-order valence-corrected chi connectivity index (χ2v) is 6.08. The van der Waals surface area contributed by atoms with Crippen molar-refractivity contribution in [2.75, 3.05) is 4.90 Å². The van der Waals surface area contributed by atoms with Gasteiger partial charge in [-0.2, -0.15) is 0 Å². The quantitative estimate of drug-likeness (QED) is 0.454. The summed E-state index contributed by atoms with van der Waals surface area (Å²) in [5.74, 6) is 0.318. The van der Waals surface area contributed by atoms with E-state index in [1.165, 1.54) is 6.07 Å². The molecule has 0 amide bonds. The monoisotopic (exact) mass is 383 g/mol. The summed E-state index contributed by atoms with van der Waals surface area (Å²) in [6.07, 6.45) is 1.57. The maximum Gasteiger partial charge on any atom is 0.313 e. The Morgan fingerprint density at radius 1 is 1.04 bits per heavy atom. The molecule has 24 heavy (non-hydrogen) atoms. The lowest BCUT2D eigenvalue weighted by Crippen LogP contribution is -2.19. The Balaban J connectivity index is 2.10. The summed E-state index contributed by atoms with van der Waals surface area (Å²) in [6.45, 7) is 0.486. The largest absolute Gasteiger partial charge is 0.316 e. The smallest absolute Gasteiger partial charge is 0.313 e. The Kier molecular flexibility index (Phi) is 4.86. The minimum absolute atomic E-state index is 0.0378. The lowest BCUT2D eigenvalue weighted by Gasteiger charge is -2.23. The molecular formula is C18H14BrN3O2. The van der Waals surface area contributed by atoms with Gasteiger partial charge in [0.25, 0.3) is 0 Å². The van der Waals surface area contributed by atoms with Crippen molar-refractivity contribution in [3.8, 4) is 0 Å². The number of nitro groups is 1.